The molecule has 0 aromatic rings. The number of aliphatic hydroxyl groups is 10. The SMILES string of the molecule is CCCCCCCCCCCCCCCCC(=O)OCC1OC(OC2C(O)C(O)C(O)C(OC3OC(CO)C(O)C(O)C3O)C2OP(=O)(O)OCC(COC(=O)CCCCCCCCCCCCCC)OC(=O)CCCCCCCCC(C)CCCCCCCC)C(O)C(O)C1O. The average molecular weight is 1420 g/mol. The Bertz CT molecular complexity index is 2030. The summed E-state index contributed by atoms with van der Waals surface area (Å²) in [5, 5.41) is 110. The molecule has 1 saturated carbocycles. The fourth-order valence-corrected chi connectivity index (χ4v) is 13.9. The maximum Gasteiger partial charge on any atom is 0.472 e. The monoisotopic (exact) mass is 1410 g/mol. The lowest BCUT2D eigenvalue weighted by Crippen LogP contribution is -2.69. The molecule has 0 bridgehead atoms. The molecule has 3 rings (SSSR count). The summed E-state index contributed by atoms with van der Waals surface area (Å²) >= 11 is 0. The second-order valence-corrected chi connectivity index (χ2v) is 29.4. The zero-order valence-corrected chi connectivity index (χ0v) is 60.7. The quantitative estimate of drug-likeness (QED) is 0.0117. The second-order valence-electron chi connectivity index (χ2n) is 28.0. The van der Waals surface area contributed by atoms with Crippen LogP contribution in [0.25, 0.3) is 0 Å². The van der Waals surface area contributed by atoms with Gasteiger partial charge < -0.3 is 89.1 Å². The first-order valence-electron chi connectivity index (χ1n) is 38.2. The molecule has 0 aromatic carbocycles. The van der Waals surface area contributed by atoms with Crippen molar-refractivity contribution in [2.24, 2.45) is 5.92 Å². The van der Waals surface area contributed by atoms with Crippen molar-refractivity contribution in [2.45, 2.75) is 408 Å². The van der Waals surface area contributed by atoms with Gasteiger partial charge in [0.05, 0.1) is 13.2 Å². The summed E-state index contributed by atoms with van der Waals surface area (Å²) in [6, 6.07) is 0. The van der Waals surface area contributed by atoms with Gasteiger partial charge in [-0.2, -0.15) is 0 Å². The van der Waals surface area contributed by atoms with Crippen LogP contribution in [0.4, 0.5) is 0 Å². The highest BCUT2D eigenvalue weighted by molar-refractivity contribution is 7.47. The van der Waals surface area contributed by atoms with Crippen molar-refractivity contribution < 1.29 is 117 Å². The van der Waals surface area contributed by atoms with E-state index >= 15 is 0 Å². The fraction of sp³-hybridized carbons (Fsp3) is 0.958. The Kier molecular flexibility index (Phi) is 49.4. The molecule has 11 N–H and O–H groups in total. The Morgan fingerprint density at radius 1 is 0.392 bits per heavy atom. The molecule has 19 unspecified atom stereocenters. The Morgan fingerprint density at radius 2 is 0.722 bits per heavy atom. The minimum atomic E-state index is -5.69. The van der Waals surface area contributed by atoms with Crippen molar-refractivity contribution in [3.63, 3.8) is 0 Å². The van der Waals surface area contributed by atoms with Gasteiger partial charge in [0.25, 0.3) is 0 Å². The summed E-state index contributed by atoms with van der Waals surface area (Å²) < 4.78 is 65.1. The molecule has 0 spiro atoms. The molecule has 25 heteroatoms. The van der Waals surface area contributed by atoms with E-state index in [9.17, 15) is 74.9 Å². The van der Waals surface area contributed by atoms with Gasteiger partial charge in [-0.15, -0.1) is 0 Å². The van der Waals surface area contributed by atoms with Gasteiger partial charge in [-0.3, -0.25) is 23.4 Å². The smallest absolute Gasteiger partial charge is 0.463 e. The van der Waals surface area contributed by atoms with Crippen molar-refractivity contribution in [2.75, 3.05) is 26.4 Å². The number of esters is 3. The van der Waals surface area contributed by atoms with Crippen LogP contribution >= 0.6 is 7.82 Å². The predicted molar refractivity (Wildman–Crippen MR) is 365 cm³/mol. The van der Waals surface area contributed by atoms with Gasteiger partial charge in [-0.1, -0.05) is 265 Å². The van der Waals surface area contributed by atoms with Crippen LogP contribution in [-0.4, -0.2) is 204 Å². The highest BCUT2D eigenvalue weighted by Crippen LogP contribution is 2.49. The van der Waals surface area contributed by atoms with Crippen LogP contribution in [0.3, 0.4) is 0 Å². The number of phosphoric ester groups is 1. The molecule has 3 fully saturated rings. The van der Waals surface area contributed by atoms with Crippen molar-refractivity contribution in [3.05, 3.63) is 0 Å². The van der Waals surface area contributed by atoms with Gasteiger partial charge in [-0.25, -0.2) is 4.57 Å². The fourth-order valence-electron chi connectivity index (χ4n) is 12.9. The molecular weight excluding hydrogens is 1280 g/mol. The van der Waals surface area contributed by atoms with Crippen LogP contribution in [0.5, 0.6) is 0 Å². The van der Waals surface area contributed by atoms with Crippen LogP contribution in [-0.2, 0) is 61.2 Å². The van der Waals surface area contributed by atoms with Crippen molar-refractivity contribution in [1.29, 1.82) is 0 Å². The standard InChI is InChI=1S/C72H135O24P/c1-5-8-11-14-17-19-21-23-24-26-28-30-36-41-46-57(75)89-51-55-60(78)62(80)67(85)72(93-55)95-69-65(83)63(81)64(82)68(94-71-66(84)61(79)59(77)54(48-73)92-71)70(69)96-97(86,87)90-50-53(49-88-56(74)45-40-35-29-27-25-22-20-18-15-12-9-6-2)91-58(76)47-42-37-32-31-34-39-44-52(4)43-38-33-16-13-10-7-3/h52-55,59-73,77-85H,5-51H2,1-4H3,(H,86,87). The van der Waals surface area contributed by atoms with E-state index in [4.69, 9.17) is 42.2 Å². The van der Waals surface area contributed by atoms with Gasteiger partial charge in [0.15, 0.2) is 18.7 Å². The van der Waals surface area contributed by atoms with Gasteiger partial charge >= 0.3 is 25.7 Å². The maximum absolute atomic E-state index is 14.3. The third-order valence-electron chi connectivity index (χ3n) is 19.3. The third-order valence-corrected chi connectivity index (χ3v) is 20.3. The first-order chi connectivity index (χ1) is 46.7. The van der Waals surface area contributed by atoms with E-state index < -0.39 is 156 Å². The summed E-state index contributed by atoms with van der Waals surface area (Å²) in [5.74, 6) is -1.30. The Morgan fingerprint density at radius 3 is 1.11 bits per heavy atom. The molecule has 97 heavy (non-hydrogen) atoms. The molecular formula is C72H135O24P. The molecule has 3 aliphatic rings. The summed E-state index contributed by atoms with van der Waals surface area (Å²) in [6.07, 6.45) is 8.89. The van der Waals surface area contributed by atoms with Crippen LogP contribution in [0, 0.1) is 5.92 Å². The van der Waals surface area contributed by atoms with Crippen LogP contribution in [0.2, 0.25) is 0 Å². The molecule has 19 atom stereocenters. The Labute approximate surface area is 580 Å². The zero-order valence-electron chi connectivity index (χ0n) is 59.8. The van der Waals surface area contributed by atoms with Gasteiger partial charge in [0, 0.05) is 19.3 Å². The lowest BCUT2D eigenvalue weighted by molar-refractivity contribution is -0.360. The molecule has 0 aromatic heterocycles. The van der Waals surface area contributed by atoms with E-state index in [2.05, 4.69) is 27.7 Å². The largest absolute Gasteiger partial charge is 0.472 e. The van der Waals surface area contributed by atoms with Gasteiger partial charge in [0.1, 0.15) is 98.7 Å². The second kappa shape index (κ2) is 53.7. The molecule has 0 amide bonds. The number of phosphoric acid groups is 1. The van der Waals surface area contributed by atoms with E-state index in [-0.39, 0.29) is 19.3 Å². The van der Waals surface area contributed by atoms with Gasteiger partial charge in [-0.05, 0) is 25.2 Å². The van der Waals surface area contributed by atoms with E-state index in [0.717, 1.165) is 96.3 Å². The first-order valence-corrected chi connectivity index (χ1v) is 39.7. The number of aliphatic hydroxyl groups excluding tert-OH is 10. The minimum Gasteiger partial charge on any atom is -0.463 e. The van der Waals surface area contributed by atoms with E-state index in [1.54, 1.807) is 0 Å². The van der Waals surface area contributed by atoms with Crippen LogP contribution in [0.1, 0.15) is 304 Å². The summed E-state index contributed by atoms with van der Waals surface area (Å²) in [6.45, 7) is 5.78. The van der Waals surface area contributed by atoms with Crippen molar-refractivity contribution in [1.82, 2.24) is 0 Å². The molecule has 2 saturated heterocycles. The average Bonchev–Trinajstić information content (AvgIpc) is 0.765. The van der Waals surface area contributed by atoms with Crippen molar-refractivity contribution in [3.8, 4) is 0 Å². The highest BCUT2D eigenvalue weighted by atomic mass is 31.2. The predicted octanol–water partition coefficient (Wildman–Crippen LogP) is 10.4. The number of rotatable bonds is 59. The molecule has 1 aliphatic carbocycles. The number of carbonyl (C=O) groups excluding carboxylic acids is 3. The lowest BCUT2D eigenvalue weighted by atomic mass is 9.84. The summed E-state index contributed by atoms with van der Waals surface area (Å²) in [4.78, 5) is 51.0. The number of ether oxygens (including phenoxy) is 7. The summed E-state index contributed by atoms with van der Waals surface area (Å²) in [5.41, 5.74) is 0. The normalized spacial score (nSPS) is 28.1. The number of carbonyl (C=O) groups is 3. The number of hydrogen-bond acceptors (Lipinski definition) is 23. The highest BCUT2D eigenvalue weighted by Gasteiger charge is 2.58. The van der Waals surface area contributed by atoms with E-state index in [0.29, 0.717) is 25.2 Å². The number of hydrogen-bond donors (Lipinski definition) is 11. The molecule has 2 aliphatic heterocycles. The molecule has 24 nitrogen and oxygen atoms in total. The summed E-state index contributed by atoms with van der Waals surface area (Å²) in [7, 11) is -5.69. The third kappa shape index (κ3) is 37.3. The maximum atomic E-state index is 14.3. The van der Waals surface area contributed by atoms with Crippen LogP contribution in [0.15, 0.2) is 0 Å². The van der Waals surface area contributed by atoms with E-state index in [1.165, 1.54) is 141 Å². The lowest BCUT2D eigenvalue weighted by Gasteiger charge is -2.49. The Hall–Kier alpha value is -2.04. The first kappa shape index (κ1) is 89.2. The topological polar surface area (TPSA) is 374 Å². The zero-order chi connectivity index (χ0) is 71.2. The van der Waals surface area contributed by atoms with Crippen LogP contribution < -0.4 is 0 Å². The Balaban J connectivity index is 1.74. The van der Waals surface area contributed by atoms with Crippen molar-refractivity contribution >= 4 is 25.7 Å². The number of unbranched alkanes of at least 4 members (excludes halogenated alkanes) is 34. The molecule has 572 valence electrons. The minimum absolute atomic E-state index is 0.0333. The molecule has 2 heterocycles. The molecule has 0 radical (unpaired) electrons. The van der Waals surface area contributed by atoms with E-state index in [1.807, 2.05) is 0 Å². The van der Waals surface area contributed by atoms with Gasteiger partial charge in [0.2, 0.25) is 0 Å².